The number of carbonyl (C=O) groups is 1. The molecule has 2 unspecified atom stereocenters. The summed E-state index contributed by atoms with van der Waals surface area (Å²) < 4.78 is 0. The van der Waals surface area contributed by atoms with Crippen molar-refractivity contribution < 1.29 is 4.79 Å². The number of fused-ring (bicyclic) bond motifs is 2. The lowest BCUT2D eigenvalue weighted by Crippen LogP contribution is -2.50. The SMILES string of the molecule is CCN(C(=O)c1cc(Cl)c(Cl)[nH]1)C1CC2CCC(C1)N2. The molecule has 3 rings (SSSR count). The Morgan fingerprint density at radius 3 is 2.50 bits per heavy atom. The second-order valence-corrected chi connectivity index (χ2v) is 6.48. The van der Waals surface area contributed by atoms with Gasteiger partial charge in [-0.15, -0.1) is 0 Å². The number of nitrogens with zero attached hydrogens (tertiary/aromatic N) is 1. The van der Waals surface area contributed by atoms with Crippen molar-refractivity contribution in [3.05, 3.63) is 21.9 Å². The van der Waals surface area contributed by atoms with E-state index in [4.69, 9.17) is 23.2 Å². The van der Waals surface area contributed by atoms with Crippen molar-refractivity contribution in [2.24, 2.45) is 0 Å². The van der Waals surface area contributed by atoms with E-state index in [0.717, 1.165) is 12.8 Å². The molecule has 2 N–H and O–H groups in total. The van der Waals surface area contributed by atoms with Crippen molar-refractivity contribution in [1.82, 2.24) is 15.2 Å². The van der Waals surface area contributed by atoms with Crippen LogP contribution in [-0.4, -0.2) is 40.5 Å². The summed E-state index contributed by atoms with van der Waals surface area (Å²) in [6, 6.07) is 3.06. The molecule has 0 aliphatic carbocycles. The van der Waals surface area contributed by atoms with Crippen LogP contribution in [0.3, 0.4) is 0 Å². The van der Waals surface area contributed by atoms with Gasteiger partial charge >= 0.3 is 0 Å². The van der Waals surface area contributed by atoms with Gasteiger partial charge < -0.3 is 15.2 Å². The molecule has 0 spiro atoms. The first-order chi connectivity index (χ1) is 9.58. The molecule has 4 nitrogen and oxygen atoms in total. The summed E-state index contributed by atoms with van der Waals surface area (Å²) in [6.45, 7) is 2.73. The molecule has 0 aromatic carbocycles. The summed E-state index contributed by atoms with van der Waals surface area (Å²) in [5.74, 6) is -0.00685. The molecule has 1 amide bonds. The molecule has 2 aliphatic heterocycles. The van der Waals surface area contributed by atoms with E-state index >= 15 is 0 Å². The Labute approximate surface area is 128 Å². The fourth-order valence-corrected chi connectivity index (χ4v) is 3.84. The summed E-state index contributed by atoms with van der Waals surface area (Å²) in [4.78, 5) is 17.4. The Balaban J connectivity index is 1.77. The highest BCUT2D eigenvalue weighted by Gasteiger charge is 2.37. The van der Waals surface area contributed by atoms with Crippen molar-refractivity contribution in [3.63, 3.8) is 0 Å². The van der Waals surface area contributed by atoms with Crippen LogP contribution in [-0.2, 0) is 0 Å². The first kappa shape index (κ1) is 14.2. The number of H-pyrrole nitrogens is 1. The van der Waals surface area contributed by atoms with Crippen molar-refractivity contribution >= 4 is 29.1 Å². The maximum absolute atomic E-state index is 12.6. The van der Waals surface area contributed by atoms with Gasteiger partial charge in [0.2, 0.25) is 0 Å². The minimum absolute atomic E-state index is 0.00685. The van der Waals surface area contributed by atoms with Crippen molar-refractivity contribution in [3.8, 4) is 0 Å². The zero-order chi connectivity index (χ0) is 14.3. The number of halogens is 2. The third-order valence-corrected chi connectivity index (χ3v) is 5.14. The number of rotatable bonds is 3. The van der Waals surface area contributed by atoms with Crippen molar-refractivity contribution in [1.29, 1.82) is 0 Å². The van der Waals surface area contributed by atoms with Gasteiger partial charge in [0.25, 0.3) is 5.91 Å². The highest BCUT2D eigenvalue weighted by molar-refractivity contribution is 6.41. The Kier molecular flexibility index (Phi) is 3.98. The van der Waals surface area contributed by atoms with E-state index < -0.39 is 0 Å². The van der Waals surface area contributed by atoms with Gasteiger partial charge in [0.05, 0.1) is 5.02 Å². The van der Waals surface area contributed by atoms with Crippen LogP contribution in [0, 0.1) is 0 Å². The summed E-state index contributed by atoms with van der Waals surface area (Å²) in [5.41, 5.74) is 0.479. The van der Waals surface area contributed by atoms with Crippen LogP contribution in [0.5, 0.6) is 0 Å². The molecule has 2 saturated heterocycles. The lowest BCUT2D eigenvalue weighted by Gasteiger charge is -2.37. The first-order valence-electron chi connectivity index (χ1n) is 7.19. The quantitative estimate of drug-likeness (QED) is 0.900. The van der Waals surface area contributed by atoms with Gasteiger partial charge in [0, 0.05) is 24.7 Å². The van der Waals surface area contributed by atoms with E-state index in [1.165, 1.54) is 12.8 Å². The van der Waals surface area contributed by atoms with Crippen LogP contribution in [0.2, 0.25) is 10.2 Å². The molecule has 1 aromatic rings. The number of hydrogen-bond acceptors (Lipinski definition) is 2. The topological polar surface area (TPSA) is 48.1 Å². The lowest BCUT2D eigenvalue weighted by atomic mass is 9.98. The summed E-state index contributed by atoms with van der Waals surface area (Å²) in [6.07, 6.45) is 4.54. The minimum atomic E-state index is -0.00685. The van der Waals surface area contributed by atoms with E-state index in [2.05, 4.69) is 10.3 Å². The molecule has 2 bridgehead atoms. The number of aromatic nitrogens is 1. The highest BCUT2D eigenvalue weighted by atomic mass is 35.5. The zero-order valence-corrected chi connectivity index (χ0v) is 13.0. The monoisotopic (exact) mass is 315 g/mol. The Bertz CT molecular complexity index is 485. The Hall–Kier alpha value is -0.710. The third-order valence-electron chi connectivity index (χ3n) is 4.45. The molecule has 110 valence electrons. The average Bonchev–Trinajstić information content (AvgIpc) is 2.94. The van der Waals surface area contributed by atoms with Gasteiger partial charge in [-0.05, 0) is 38.7 Å². The van der Waals surface area contributed by atoms with Crippen LogP contribution in [0.15, 0.2) is 6.07 Å². The average molecular weight is 316 g/mol. The summed E-state index contributed by atoms with van der Waals surface area (Å²) in [5, 5.41) is 4.33. The van der Waals surface area contributed by atoms with Gasteiger partial charge in [-0.1, -0.05) is 23.2 Å². The molecule has 2 fully saturated rings. The second kappa shape index (κ2) is 5.58. The number of hydrogen-bond donors (Lipinski definition) is 2. The van der Waals surface area contributed by atoms with E-state index in [-0.39, 0.29) is 5.91 Å². The van der Waals surface area contributed by atoms with E-state index in [0.29, 0.717) is 40.5 Å². The predicted molar refractivity (Wildman–Crippen MR) is 80.5 cm³/mol. The van der Waals surface area contributed by atoms with E-state index in [9.17, 15) is 4.79 Å². The molecule has 0 saturated carbocycles. The van der Waals surface area contributed by atoms with Crippen molar-refractivity contribution in [2.75, 3.05) is 6.54 Å². The smallest absolute Gasteiger partial charge is 0.270 e. The molecule has 3 heterocycles. The van der Waals surface area contributed by atoms with Crippen LogP contribution in [0.25, 0.3) is 0 Å². The lowest BCUT2D eigenvalue weighted by molar-refractivity contribution is 0.0626. The third kappa shape index (κ3) is 2.57. The van der Waals surface area contributed by atoms with Crippen LogP contribution < -0.4 is 5.32 Å². The van der Waals surface area contributed by atoms with E-state index in [1.54, 1.807) is 6.07 Å². The predicted octanol–water partition coefficient (Wildman–Crippen LogP) is 3.07. The van der Waals surface area contributed by atoms with E-state index in [1.807, 2.05) is 11.8 Å². The largest absolute Gasteiger partial charge is 0.340 e. The fourth-order valence-electron chi connectivity index (χ4n) is 3.52. The number of amides is 1. The molecular formula is C14H19Cl2N3O. The molecule has 1 aromatic heterocycles. The first-order valence-corrected chi connectivity index (χ1v) is 7.95. The fraction of sp³-hybridized carbons (Fsp3) is 0.643. The molecule has 20 heavy (non-hydrogen) atoms. The Morgan fingerprint density at radius 1 is 1.35 bits per heavy atom. The van der Waals surface area contributed by atoms with Gasteiger partial charge in [-0.2, -0.15) is 0 Å². The molecule has 0 radical (unpaired) electrons. The standard InChI is InChI=1S/C14H19Cl2N3O/c1-2-19(10-5-8-3-4-9(6-10)17-8)14(20)12-7-11(15)13(16)18-12/h7-10,17-18H,2-6H2,1H3. The van der Waals surface area contributed by atoms with Crippen LogP contribution in [0.1, 0.15) is 43.1 Å². The van der Waals surface area contributed by atoms with Crippen molar-refractivity contribution in [2.45, 2.75) is 50.7 Å². The maximum Gasteiger partial charge on any atom is 0.270 e. The van der Waals surface area contributed by atoms with Gasteiger partial charge in [-0.3, -0.25) is 4.79 Å². The normalized spacial score (nSPS) is 28.6. The molecule has 2 aliphatic rings. The van der Waals surface area contributed by atoms with Crippen LogP contribution in [0.4, 0.5) is 0 Å². The number of piperidine rings is 1. The summed E-state index contributed by atoms with van der Waals surface area (Å²) in [7, 11) is 0. The molecule has 6 heteroatoms. The van der Waals surface area contributed by atoms with Gasteiger partial charge in [-0.25, -0.2) is 0 Å². The zero-order valence-electron chi connectivity index (χ0n) is 11.5. The van der Waals surface area contributed by atoms with Gasteiger partial charge in [0.15, 0.2) is 0 Å². The second-order valence-electron chi connectivity index (χ2n) is 5.70. The van der Waals surface area contributed by atoms with Gasteiger partial charge in [0.1, 0.15) is 10.8 Å². The molecule has 2 atom stereocenters. The number of carbonyl (C=O) groups excluding carboxylic acids is 1. The Morgan fingerprint density at radius 2 is 2.00 bits per heavy atom. The maximum atomic E-state index is 12.6. The summed E-state index contributed by atoms with van der Waals surface area (Å²) >= 11 is 11.8. The molecular weight excluding hydrogens is 297 g/mol. The minimum Gasteiger partial charge on any atom is -0.340 e. The number of aromatic amines is 1. The van der Waals surface area contributed by atoms with Crippen LogP contribution >= 0.6 is 23.2 Å². The highest BCUT2D eigenvalue weighted by Crippen LogP contribution is 2.31. The number of nitrogens with one attached hydrogen (secondary N) is 2.